The average Bonchev–Trinajstić information content (AvgIpc) is 3.31. The zero-order chi connectivity index (χ0) is 16.5. The van der Waals surface area contributed by atoms with Gasteiger partial charge in [-0.25, -0.2) is 9.78 Å². The van der Waals surface area contributed by atoms with Gasteiger partial charge in [0.15, 0.2) is 0 Å². The van der Waals surface area contributed by atoms with E-state index < -0.39 is 5.97 Å². The number of benzene rings is 1. The van der Waals surface area contributed by atoms with Gasteiger partial charge in [-0.1, -0.05) is 28.2 Å². The van der Waals surface area contributed by atoms with Crippen LogP contribution in [0.2, 0.25) is 4.34 Å². The molecule has 0 N–H and O–H groups in total. The number of hydrogen-bond acceptors (Lipinski definition) is 8. The molecule has 120 valence electrons. The largest absolute Gasteiger partial charge is 0.455 e. The van der Waals surface area contributed by atoms with Crippen molar-refractivity contribution in [2.24, 2.45) is 0 Å². The molecule has 0 aliphatic carbocycles. The van der Waals surface area contributed by atoms with Gasteiger partial charge in [-0.2, -0.15) is 0 Å². The molecular formula is C15H8ClN3O2S3. The standard InChI is InChI=1S/C15H8ClN3O2S3/c16-13-9(18-19-24-13)7-21-15(20)12-6-5-11(22-12)14-17-8-3-1-2-4-10(8)23-14/h1-6H,7H2. The van der Waals surface area contributed by atoms with Crippen LogP contribution in [-0.4, -0.2) is 20.5 Å². The van der Waals surface area contributed by atoms with Crippen molar-refractivity contribution in [2.75, 3.05) is 0 Å². The quantitative estimate of drug-likeness (QED) is 0.462. The van der Waals surface area contributed by atoms with Crippen LogP contribution in [0.15, 0.2) is 36.4 Å². The fourth-order valence-corrected chi connectivity index (χ4v) is 4.55. The van der Waals surface area contributed by atoms with E-state index in [9.17, 15) is 4.79 Å². The molecule has 5 nitrogen and oxygen atoms in total. The van der Waals surface area contributed by atoms with Gasteiger partial charge in [0.2, 0.25) is 0 Å². The number of halogens is 1. The maximum Gasteiger partial charge on any atom is 0.348 e. The van der Waals surface area contributed by atoms with E-state index >= 15 is 0 Å². The summed E-state index contributed by atoms with van der Waals surface area (Å²) in [5.41, 5.74) is 1.43. The zero-order valence-electron chi connectivity index (χ0n) is 11.9. The second kappa shape index (κ2) is 6.56. The molecule has 0 amide bonds. The first-order valence-electron chi connectivity index (χ1n) is 6.80. The minimum Gasteiger partial charge on any atom is -0.455 e. The van der Waals surface area contributed by atoms with Gasteiger partial charge in [0.05, 0.1) is 15.1 Å². The summed E-state index contributed by atoms with van der Waals surface area (Å²) in [6.07, 6.45) is 0. The van der Waals surface area contributed by atoms with Crippen molar-refractivity contribution in [3.63, 3.8) is 0 Å². The molecule has 0 fully saturated rings. The summed E-state index contributed by atoms with van der Waals surface area (Å²) >= 11 is 9.91. The van der Waals surface area contributed by atoms with Gasteiger partial charge in [0, 0.05) is 11.5 Å². The molecule has 0 saturated carbocycles. The van der Waals surface area contributed by atoms with Gasteiger partial charge < -0.3 is 4.74 Å². The topological polar surface area (TPSA) is 65.0 Å². The summed E-state index contributed by atoms with van der Waals surface area (Å²) in [4.78, 5) is 18.2. The van der Waals surface area contributed by atoms with E-state index in [-0.39, 0.29) is 6.61 Å². The van der Waals surface area contributed by atoms with Crippen molar-refractivity contribution in [2.45, 2.75) is 6.61 Å². The normalized spacial score (nSPS) is 11.0. The molecule has 0 unspecified atom stereocenters. The van der Waals surface area contributed by atoms with Crippen molar-refractivity contribution in [3.05, 3.63) is 51.3 Å². The number of thiazole rings is 1. The smallest absolute Gasteiger partial charge is 0.348 e. The van der Waals surface area contributed by atoms with Crippen molar-refractivity contribution in [1.29, 1.82) is 0 Å². The first-order chi connectivity index (χ1) is 11.7. The molecule has 0 aliphatic heterocycles. The molecule has 3 aromatic heterocycles. The molecule has 3 heterocycles. The molecule has 4 rings (SSSR count). The van der Waals surface area contributed by atoms with Gasteiger partial charge in [0.25, 0.3) is 0 Å². The maximum atomic E-state index is 12.2. The minimum atomic E-state index is -0.406. The highest BCUT2D eigenvalue weighted by atomic mass is 35.5. The number of para-hydroxylation sites is 1. The molecule has 0 saturated heterocycles. The van der Waals surface area contributed by atoms with E-state index in [2.05, 4.69) is 14.6 Å². The third-order valence-electron chi connectivity index (χ3n) is 3.16. The van der Waals surface area contributed by atoms with Crippen LogP contribution < -0.4 is 0 Å². The number of carbonyl (C=O) groups excluding carboxylic acids is 1. The summed E-state index contributed by atoms with van der Waals surface area (Å²) in [6.45, 7) is 0.0164. The highest BCUT2D eigenvalue weighted by molar-refractivity contribution is 7.26. The second-order valence-electron chi connectivity index (χ2n) is 4.72. The number of esters is 1. The van der Waals surface area contributed by atoms with Crippen molar-refractivity contribution < 1.29 is 9.53 Å². The molecule has 9 heteroatoms. The number of hydrogen-bond donors (Lipinski definition) is 0. The molecule has 1 aromatic carbocycles. The second-order valence-corrected chi connectivity index (χ2v) is 8.19. The number of fused-ring (bicyclic) bond motifs is 1. The lowest BCUT2D eigenvalue weighted by Gasteiger charge is -2.00. The summed E-state index contributed by atoms with van der Waals surface area (Å²) in [7, 11) is 0. The molecule has 4 aromatic rings. The number of rotatable bonds is 4. The Labute approximate surface area is 153 Å². The van der Waals surface area contributed by atoms with Crippen molar-refractivity contribution in [3.8, 4) is 9.88 Å². The lowest BCUT2D eigenvalue weighted by Crippen LogP contribution is -2.03. The van der Waals surface area contributed by atoms with Crippen LogP contribution in [0.3, 0.4) is 0 Å². The Hall–Kier alpha value is -1.87. The van der Waals surface area contributed by atoms with E-state index in [1.807, 2.05) is 30.3 Å². The number of thiophene rings is 1. The van der Waals surface area contributed by atoms with Crippen LogP contribution >= 0.6 is 45.8 Å². The number of aromatic nitrogens is 3. The molecule has 0 radical (unpaired) electrons. The monoisotopic (exact) mass is 393 g/mol. The Bertz CT molecular complexity index is 991. The van der Waals surface area contributed by atoms with E-state index in [1.165, 1.54) is 11.3 Å². The van der Waals surface area contributed by atoms with Crippen molar-refractivity contribution in [1.82, 2.24) is 14.6 Å². The van der Waals surface area contributed by atoms with Gasteiger partial charge in [-0.05, 0) is 24.3 Å². The molecule has 0 atom stereocenters. The van der Waals surface area contributed by atoms with Crippen LogP contribution in [0.25, 0.3) is 20.1 Å². The number of ether oxygens (including phenoxy) is 1. The Kier molecular flexibility index (Phi) is 4.28. The van der Waals surface area contributed by atoms with Gasteiger partial charge in [-0.15, -0.1) is 27.8 Å². The maximum absolute atomic E-state index is 12.2. The first-order valence-corrected chi connectivity index (χ1v) is 9.59. The molecule has 0 aliphatic rings. The predicted molar refractivity (Wildman–Crippen MR) is 97.0 cm³/mol. The van der Waals surface area contributed by atoms with Gasteiger partial charge in [-0.3, -0.25) is 0 Å². The highest BCUT2D eigenvalue weighted by Crippen LogP contribution is 2.34. The number of nitrogens with zero attached hydrogens (tertiary/aromatic N) is 3. The third-order valence-corrected chi connectivity index (χ3v) is 6.42. The molecule has 24 heavy (non-hydrogen) atoms. The molecule has 0 bridgehead atoms. The van der Waals surface area contributed by atoms with E-state index in [4.69, 9.17) is 16.3 Å². The Morgan fingerprint density at radius 3 is 2.83 bits per heavy atom. The van der Waals surface area contributed by atoms with E-state index in [1.54, 1.807) is 17.4 Å². The Morgan fingerprint density at radius 1 is 1.17 bits per heavy atom. The summed E-state index contributed by atoms with van der Waals surface area (Å²) in [5, 5.41) is 4.71. The van der Waals surface area contributed by atoms with E-state index in [0.29, 0.717) is 14.9 Å². The Morgan fingerprint density at radius 2 is 2.04 bits per heavy atom. The Balaban J connectivity index is 1.51. The minimum absolute atomic E-state index is 0.0164. The fraction of sp³-hybridized carbons (Fsp3) is 0.0667. The first kappa shape index (κ1) is 15.6. The van der Waals surface area contributed by atoms with Crippen LogP contribution in [0.5, 0.6) is 0 Å². The molecule has 0 spiro atoms. The highest BCUT2D eigenvalue weighted by Gasteiger charge is 2.15. The SMILES string of the molecule is O=C(OCc1nnsc1Cl)c1ccc(-c2nc3ccccc3s2)s1. The fourth-order valence-electron chi connectivity index (χ4n) is 2.03. The number of carbonyl (C=O) groups is 1. The third kappa shape index (κ3) is 3.05. The zero-order valence-corrected chi connectivity index (χ0v) is 15.1. The lowest BCUT2D eigenvalue weighted by atomic mass is 10.3. The van der Waals surface area contributed by atoms with Crippen LogP contribution in [0.4, 0.5) is 0 Å². The predicted octanol–water partition coefficient (Wildman–Crippen LogP) is 4.89. The summed E-state index contributed by atoms with van der Waals surface area (Å²) in [6, 6.07) is 11.6. The summed E-state index contributed by atoms with van der Waals surface area (Å²) in [5.74, 6) is -0.406. The van der Waals surface area contributed by atoms with Gasteiger partial charge in [0.1, 0.15) is 26.5 Å². The summed E-state index contributed by atoms with van der Waals surface area (Å²) < 4.78 is 10.5. The van der Waals surface area contributed by atoms with E-state index in [0.717, 1.165) is 31.6 Å². The average molecular weight is 394 g/mol. The van der Waals surface area contributed by atoms with Crippen molar-refractivity contribution >= 4 is 62.0 Å². The lowest BCUT2D eigenvalue weighted by molar-refractivity contribution is 0.0474. The van der Waals surface area contributed by atoms with Crippen LogP contribution in [0, 0.1) is 0 Å². The molecular weight excluding hydrogens is 386 g/mol. The van der Waals surface area contributed by atoms with Crippen LogP contribution in [-0.2, 0) is 11.3 Å². The van der Waals surface area contributed by atoms with Gasteiger partial charge >= 0.3 is 5.97 Å². The van der Waals surface area contributed by atoms with Crippen LogP contribution in [0.1, 0.15) is 15.4 Å².